The number of halogens is 1. The molecule has 1 aromatic rings. The quantitative estimate of drug-likeness (QED) is 0.717. The topological polar surface area (TPSA) is 26.3 Å². The molecule has 0 amide bonds. The van der Waals surface area contributed by atoms with Crippen LogP contribution in [0.3, 0.4) is 0 Å². The lowest BCUT2D eigenvalue weighted by molar-refractivity contribution is -0.134. The first-order valence-corrected chi connectivity index (χ1v) is 4.93. The maximum Gasteiger partial charge on any atom is 0.331 e. The molecule has 0 saturated carbocycles. The Morgan fingerprint density at radius 2 is 1.93 bits per heavy atom. The molecule has 1 aliphatic rings. The van der Waals surface area contributed by atoms with Crippen LogP contribution in [-0.2, 0) is 9.53 Å². The van der Waals surface area contributed by atoms with E-state index in [1.807, 2.05) is 36.4 Å². The molecule has 1 heterocycles. The summed E-state index contributed by atoms with van der Waals surface area (Å²) in [6, 6.07) is 7.48. The van der Waals surface area contributed by atoms with Crippen LogP contribution in [0.2, 0.25) is 5.02 Å². The zero-order valence-electron chi connectivity index (χ0n) is 7.94. The molecule has 3 heteroatoms. The molecule has 0 unspecified atom stereocenters. The van der Waals surface area contributed by atoms with E-state index < -0.39 is 0 Å². The molecule has 15 heavy (non-hydrogen) atoms. The van der Waals surface area contributed by atoms with Gasteiger partial charge >= 0.3 is 5.97 Å². The Morgan fingerprint density at radius 3 is 2.53 bits per heavy atom. The summed E-state index contributed by atoms with van der Waals surface area (Å²) in [6.07, 6.45) is 5.28. The highest BCUT2D eigenvalue weighted by atomic mass is 35.5. The highest BCUT2D eigenvalue weighted by Crippen LogP contribution is 2.13. The number of benzene rings is 1. The number of ether oxygens (including phenoxy) is 1. The smallest absolute Gasteiger partial charge is 0.331 e. The number of carbonyl (C=O) groups excluding carboxylic acids is 1. The van der Waals surface area contributed by atoms with Gasteiger partial charge in [-0.3, -0.25) is 0 Å². The van der Waals surface area contributed by atoms with Gasteiger partial charge in [-0.25, -0.2) is 4.79 Å². The Balaban J connectivity index is 2.08. The van der Waals surface area contributed by atoms with Crippen molar-refractivity contribution in [3.05, 3.63) is 52.6 Å². The number of carbonyl (C=O) groups is 1. The number of cyclic esters (lactones) is 1. The van der Waals surface area contributed by atoms with E-state index in [1.54, 1.807) is 0 Å². The number of hydrogen-bond donors (Lipinski definition) is 0. The number of hydrogen-bond acceptors (Lipinski definition) is 2. The lowest BCUT2D eigenvalue weighted by Crippen LogP contribution is -1.90. The van der Waals surface area contributed by atoms with Crippen LogP contribution >= 0.6 is 11.6 Å². The molecule has 76 valence electrons. The molecule has 0 radical (unpaired) electrons. The molecule has 0 bridgehead atoms. The van der Waals surface area contributed by atoms with Crippen molar-refractivity contribution in [3.8, 4) is 0 Å². The average molecular weight is 221 g/mol. The standard InChI is InChI=1S/C12H9ClO2/c13-11-5-3-9(4-6-11)1-2-10-7-12(14)15-8-10/h1-7H,8H2/b2-1+. The average Bonchev–Trinajstić information content (AvgIpc) is 2.64. The van der Waals surface area contributed by atoms with Gasteiger partial charge in [0, 0.05) is 11.1 Å². The van der Waals surface area contributed by atoms with Gasteiger partial charge in [0.25, 0.3) is 0 Å². The van der Waals surface area contributed by atoms with E-state index in [0.717, 1.165) is 11.1 Å². The fraction of sp³-hybridized carbons (Fsp3) is 0.0833. The largest absolute Gasteiger partial charge is 0.458 e. The lowest BCUT2D eigenvalue weighted by atomic mass is 10.1. The molecule has 1 aromatic carbocycles. The summed E-state index contributed by atoms with van der Waals surface area (Å²) in [5.74, 6) is -0.272. The van der Waals surface area contributed by atoms with E-state index >= 15 is 0 Å². The van der Waals surface area contributed by atoms with E-state index in [1.165, 1.54) is 6.08 Å². The van der Waals surface area contributed by atoms with Gasteiger partial charge in [-0.1, -0.05) is 35.9 Å². The molecule has 0 fully saturated rings. The van der Waals surface area contributed by atoms with Crippen molar-refractivity contribution in [1.82, 2.24) is 0 Å². The third-order valence-corrected chi connectivity index (χ3v) is 2.30. The minimum atomic E-state index is -0.272. The summed E-state index contributed by atoms with van der Waals surface area (Å²) >= 11 is 5.76. The molecule has 0 atom stereocenters. The molecule has 0 aromatic heterocycles. The second-order valence-electron chi connectivity index (χ2n) is 3.21. The fourth-order valence-electron chi connectivity index (χ4n) is 1.26. The molecule has 0 spiro atoms. The Kier molecular flexibility index (Phi) is 2.88. The highest BCUT2D eigenvalue weighted by molar-refractivity contribution is 6.30. The van der Waals surface area contributed by atoms with Gasteiger partial charge in [0.15, 0.2) is 0 Å². The highest BCUT2D eigenvalue weighted by Gasteiger charge is 2.09. The van der Waals surface area contributed by atoms with Crippen LogP contribution in [0.1, 0.15) is 5.56 Å². The van der Waals surface area contributed by atoms with Crippen LogP contribution < -0.4 is 0 Å². The Bertz CT molecular complexity index is 429. The Hall–Kier alpha value is -1.54. The number of rotatable bonds is 2. The molecule has 2 rings (SSSR count). The van der Waals surface area contributed by atoms with E-state index in [9.17, 15) is 4.79 Å². The van der Waals surface area contributed by atoms with Gasteiger partial charge in [0.1, 0.15) is 6.61 Å². The van der Waals surface area contributed by atoms with Crippen molar-refractivity contribution in [2.24, 2.45) is 0 Å². The van der Waals surface area contributed by atoms with Gasteiger partial charge in [0.2, 0.25) is 0 Å². The molecular weight excluding hydrogens is 212 g/mol. The minimum Gasteiger partial charge on any atom is -0.458 e. The summed E-state index contributed by atoms with van der Waals surface area (Å²) in [5.41, 5.74) is 1.93. The predicted molar refractivity (Wildman–Crippen MR) is 59.5 cm³/mol. The first-order chi connectivity index (χ1) is 7.24. The second-order valence-corrected chi connectivity index (χ2v) is 3.65. The van der Waals surface area contributed by atoms with Crippen molar-refractivity contribution in [1.29, 1.82) is 0 Å². The zero-order chi connectivity index (χ0) is 10.7. The van der Waals surface area contributed by atoms with Crippen LogP contribution in [-0.4, -0.2) is 12.6 Å². The number of esters is 1. The maximum atomic E-state index is 10.8. The molecular formula is C12H9ClO2. The SMILES string of the molecule is O=C1C=C(/C=C/c2ccc(Cl)cc2)CO1. The van der Waals surface area contributed by atoms with E-state index in [2.05, 4.69) is 0 Å². The van der Waals surface area contributed by atoms with E-state index in [-0.39, 0.29) is 5.97 Å². The molecule has 0 N–H and O–H groups in total. The normalized spacial score (nSPS) is 15.5. The summed E-state index contributed by atoms with van der Waals surface area (Å²) in [4.78, 5) is 10.8. The Labute approximate surface area is 92.8 Å². The van der Waals surface area contributed by atoms with Gasteiger partial charge in [-0.15, -0.1) is 0 Å². The second kappa shape index (κ2) is 4.32. The lowest BCUT2D eigenvalue weighted by Gasteiger charge is -1.94. The minimum absolute atomic E-state index is 0.272. The molecule has 0 aliphatic carbocycles. The van der Waals surface area contributed by atoms with Crippen molar-refractivity contribution in [2.75, 3.05) is 6.61 Å². The van der Waals surface area contributed by atoms with Crippen molar-refractivity contribution < 1.29 is 9.53 Å². The first-order valence-electron chi connectivity index (χ1n) is 4.55. The van der Waals surface area contributed by atoms with Gasteiger partial charge in [-0.05, 0) is 23.3 Å². The molecule has 0 saturated heterocycles. The van der Waals surface area contributed by atoms with Crippen molar-refractivity contribution >= 4 is 23.6 Å². The van der Waals surface area contributed by atoms with E-state index in [0.29, 0.717) is 11.6 Å². The maximum absolute atomic E-state index is 10.8. The van der Waals surface area contributed by atoms with Crippen LogP contribution in [0, 0.1) is 0 Å². The monoisotopic (exact) mass is 220 g/mol. The van der Waals surface area contributed by atoms with Gasteiger partial charge < -0.3 is 4.74 Å². The zero-order valence-corrected chi connectivity index (χ0v) is 8.70. The van der Waals surface area contributed by atoms with Crippen molar-refractivity contribution in [3.63, 3.8) is 0 Å². The summed E-state index contributed by atoms with van der Waals surface area (Å²) in [7, 11) is 0. The van der Waals surface area contributed by atoms with Gasteiger partial charge in [-0.2, -0.15) is 0 Å². The molecule has 1 aliphatic heterocycles. The third-order valence-electron chi connectivity index (χ3n) is 2.04. The van der Waals surface area contributed by atoms with Crippen molar-refractivity contribution in [2.45, 2.75) is 0 Å². The van der Waals surface area contributed by atoms with Crippen LogP contribution in [0.4, 0.5) is 0 Å². The summed E-state index contributed by atoms with van der Waals surface area (Å²) in [6.45, 7) is 0.364. The predicted octanol–water partition coefficient (Wildman–Crippen LogP) is 2.84. The Morgan fingerprint density at radius 1 is 1.20 bits per heavy atom. The van der Waals surface area contributed by atoms with Gasteiger partial charge in [0.05, 0.1) is 0 Å². The van der Waals surface area contributed by atoms with Crippen LogP contribution in [0.5, 0.6) is 0 Å². The van der Waals surface area contributed by atoms with E-state index in [4.69, 9.17) is 16.3 Å². The summed E-state index contributed by atoms with van der Waals surface area (Å²) in [5, 5.41) is 0.714. The first kappa shape index (κ1) is 9.99. The molecule has 2 nitrogen and oxygen atoms in total. The van der Waals surface area contributed by atoms with Crippen LogP contribution in [0.25, 0.3) is 6.08 Å². The fourth-order valence-corrected chi connectivity index (χ4v) is 1.39. The summed E-state index contributed by atoms with van der Waals surface area (Å²) < 4.78 is 4.77. The van der Waals surface area contributed by atoms with Crippen LogP contribution in [0.15, 0.2) is 42.0 Å². The third kappa shape index (κ3) is 2.70.